The number of hydrogen-bond acceptors (Lipinski definition) is 4. The van der Waals surface area contributed by atoms with Crippen molar-refractivity contribution >= 4 is 12.1 Å². The first-order valence-electron chi connectivity index (χ1n) is 8.71. The van der Waals surface area contributed by atoms with Gasteiger partial charge in [-0.1, -0.05) is 0 Å². The summed E-state index contributed by atoms with van der Waals surface area (Å²) in [5.74, 6) is 1.77. The SMILES string of the molecule is CN=C(NCCCCn1ccnc1C)NCCNC(=O)OC(C)(C)C. The van der Waals surface area contributed by atoms with Gasteiger partial charge in [0.25, 0.3) is 0 Å². The summed E-state index contributed by atoms with van der Waals surface area (Å²) < 4.78 is 7.32. The average Bonchev–Trinajstić information content (AvgIpc) is 2.92. The molecule has 8 nitrogen and oxygen atoms in total. The number of aliphatic imine (C=N–C) groups is 1. The maximum Gasteiger partial charge on any atom is 0.407 e. The lowest BCUT2D eigenvalue weighted by atomic mass is 10.2. The second-order valence-electron chi connectivity index (χ2n) is 6.73. The molecule has 1 heterocycles. The van der Waals surface area contributed by atoms with Crippen LogP contribution in [0.2, 0.25) is 0 Å². The Morgan fingerprint density at radius 3 is 2.48 bits per heavy atom. The van der Waals surface area contributed by atoms with Gasteiger partial charge in [0.2, 0.25) is 0 Å². The first-order chi connectivity index (χ1) is 11.8. The smallest absolute Gasteiger partial charge is 0.407 e. The van der Waals surface area contributed by atoms with Crippen LogP contribution in [0.1, 0.15) is 39.4 Å². The Hall–Kier alpha value is -2.25. The minimum atomic E-state index is -0.482. The van der Waals surface area contributed by atoms with E-state index in [2.05, 4.69) is 30.5 Å². The van der Waals surface area contributed by atoms with E-state index in [1.165, 1.54) is 0 Å². The van der Waals surface area contributed by atoms with Gasteiger partial charge in [-0.15, -0.1) is 0 Å². The number of imidazole rings is 1. The zero-order valence-electron chi connectivity index (χ0n) is 16.1. The summed E-state index contributed by atoms with van der Waals surface area (Å²) >= 11 is 0. The number of carbonyl (C=O) groups excluding carboxylic acids is 1. The van der Waals surface area contributed by atoms with E-state index in [1.807, 2.05) is 40.1 Å². The molecule has 0 aromatic carbocycles. The second kappa shape index (κ2) is 10.6. The largest absolute Gasteiger partial charge is 0.444 e. The lowest BCUT2D eigenvalue weighted by Crippen LogP contribution is -2.42. The van der Waals surface area contributed by atoms with E-state index < -0.39 is 11.7 Å². The van der Waals surface area contributed by atoms with Crippen LogP contribution in [-0.4, -0.2) is 53.9 Å². The van der Waals surface area contributed by atoms with Crippen molar-refractivity contribution in [2.75, 3.05) is 26.7 Å². The summed E-state index contributed by atoms with van der Waals surface area (Å²) in [5.41, 5.74) is -0.482. The fourth-order valence-corrected chi connectivity index (χ4v) is 2.13. The molecule has 0 unspecified atom stereocenters. The normalized spacial score (nSPS) is 12.0. The van der Waals surface area contributed by atoms with Gasteiger partial charge in [0, 0.05) is 45.6 Å². The molecule has 0 bridgehead atoms. The molecule has 0 aliphatic rings. The number of carbonyl (C=O) groups is 1. The molecule has 3 N–H and O–H groups in total. The van der Waals surface area contributed by atoms with Gasteiger partial charge >= 0.3 is 6.09 Å². The Balaban J connectivity index is 2.08. The molecular weight excluding hydrogens is 320 g/mol. The molecule has 0 spiro atoms. The van der Waals surface area contributed by atoms with E-state index in [0.717, 1.165) is 37.7 Å². The maximum absolute atomic E-state index is 11.5. The van der Waals surface area contributed by atoms with Crippen LogP contribution < -0.4 is 16.0 Å². The topological polar surface area (TPSA) is 92.6 Å². The highest BCUT2D eigenvalue weighted by Gasteiger charge is 2.15. The summed E-state index contributed by atoms with van der Waals surface area (Å²) in [5, 5.41) is 9.12. The van der Waals surface area contributed by atoms with Crippen LogP contribution in [0, 0.1) is 6.92 Å². The predicted octanol–water partition coefficient (Wildman–Crippen LogP) is 1.66. The van der Waals surface area contributed by atoms with Crippen LogP contribution in [0.15, 0.2) is 17.4 Å². The number of rotatable bonds is 8. The quantitative estimate of drug-likeness (QED) is 0.376. The lowest BCUT2D eigenvalue weighted by molar-refractivity contribution is 0.0529. The zero-order chi connectivity index (χ0) is 18.7. The molecule has 0 radical (unpaired) electrons. The van der Waals surface area contributed by atoms with Crippen LogP contribution in [0.4, 0.5) is 4.79 Å². The third-order valence-corrected chi connectivity index (χ3v) is 3.35. The van der Waals surface area contributed by atoms with Gasteiger partial charge in [0.05, 0.1) is 0 Å². The summed E-state index contributed by atoms with van der Waals surface area (Å²) in [6.07, 6.45) is 5.52. The highest BCUT2D eigenvalue weighted by atomic mass is 16.6. The molecule has 1 amide bonds. The van der Waals surface area contributed by atoms with Gasteiger partial charge in [0.1, 0.15) is 11.4 Å². The van der Waals surface area contributed by atoms with Gasteiger partial charge in [-0.3, -0.25) is 4.99 Å². The van der Waals surface area contributed by atoms with Crippen molar-refractivity contribution in [3.8, 4) is 0 Å². The van der Waals surface area contributed by atoms with E-state index in [1.54, 1.807) is 7.05 Å². The van der Waals surface area contributed by atoms with Crippen molar-refractivity contribution in [1.29, 1.82) is 0 Å². The van der Waals surface area contributed by atoms with Crippen molar-refractivity contribution in [2.24, 2.45) is 4.99 Å². The fourth-order valence-electron chi connectivity index (χ4n) is 2.13. The van der Waals surface area contributed by atoms with E-state index in [0.29, 0.717) is 13.1 Å². The van der Waals surface area contributed by atoms with Crippen LogP contribution >= 0.6 is 0 Å². The number of unbranched alkanes of at least 4 members (excludes halogenated alkanes) is 1. The predicted molar refractivity (Wildman–Crippen MR) is 99.8 cm³/mol. The molecule has 0 fully saturated rings. The van der Waals surface area contributed by atoms with E-state index in [9.17, 15) is 4.79 Å². The Labute approximate surface area is 150 Å². The Morgan fingerprint density at radius 2 is 1.88 bits per heavy atom. The number of aryl methyl sites for hydroxylation is 2. The fraction of sp³-hybridized carbons (Fsp3) is 0.706. The molecule has 0 aliphatic carbocycles. The van der Waals surface area contributed by atoms with Crippen molar-refractivity contribution in [1.82, 2.24) is 25.5 Å². The monoisotopic (exact) mass is 352 g/mol. The van der Waals surface area contributed by atoms with E-state index in [4.69, 9.17) is 4.74 Å². The van der Waals surface area contributed by atoms with Crippen LogP contribution in [0.3, 0.4) is 0 Å². The van der Waals surface area contributed by atoms with Crippen molar-refractivity contribution < 1.29 is 9.53 Å². The average molecular weight is 352 g/mol. The van der Waals surface area contributed by atoms with Crippen molar-refractivity contribution in [3.63, 3.8) is 0 Å². The number of guanidine groups is 1. The van der Waals surface area contributed by atoms with Crippen molar-refractivity contribution in [3.05, 3.63) is 18.2 Å². The van der Waals surface area contributed by atoms with E-state index >= 15 is 0 Å². The Bertz CT molecular complexity index is 548. The number of amides is 1. The molecule has 8 heteroatoms. The second-order valence-corrected chi connectivity index (χ2v) is 6.73. The molecular formula is C17H32N6O2. The van der Waals surface area contributed by atoms with Gasteiger partial charge in [-0.2, -0.15) is 0 Å². The summed E-state index contributed by atoms with van der Waals surface area (Å²) in [4.78, 5) is 19.9. The number of aromatic nitrogens is 2. The first kappa shape index (κ1) is 20.8. The number of alkyl carbamates (subject to hydrolysis) is 1. The highest BCUT2D eigenvalue weighted by Crippen LogP contribution is 2.05. The minimum Gasteiger partial charge on any atom is -0.444 e. The molecule has 1 aromatic rings. The van der Waals surface area contributed by atoms with Crippen molar-refractivity contribution in [2.45, 2.75) is 52.7 Å². The van der Waals surface area contributed by atoms with Crippen LogP contribution in [0.25, 0.3) is 0 Å². The molecule has 142 valence electrons. The molecule has 0 atom stereocenters. The number of hydrogen-bond donors (Lipinski definition) is 3. The van der Waals surface area contributed by atoms with Gasteiger partial charge in [-0.25, -0.2) is 9.78 Å². The van der Waals surface area contributed by atoms with Crippen LogP contribution in [-0.2, 0) is 11.3 Å². The number of nitrogens with zero attached hydrogens (tertiary/aromatic N) is 3. The number of nitrogens with one attached hydrogen (secondary N) is 3. The highest BCUT2D eigenvalue weighted by molar-refractivity contribution is 5.79. The third kappa shape index (κ3) is 9.59. The van der Waals surface area contributed by atoms with Crippen LogP contribution in [0.5, 0.6) is 0 Å². The minimum absolute atomic E-state index is 0.410. The molecule has 1 rings (SSSR count). The van der Waals surface area contributed by atoms with Gasteiger partial charge < -0.3 is 25.3 Å². The molecule has 25 heavy (non-hydrogen) atoms. The zero-order valence-corrected chi connectivity index (χ0v) is 16.1. The van der Waals surface area contributed by atoms with Gasteiger partial charge in [0.15, 0.2) is 5.96 Å². The van der Waals surface area contributed by atoms with E-state index in [-0.39, 0.29) is 0 Å². The Kier molecular flexibility index (Phi) is 8.80. The molecule has 0 aliphatic heterocycles. The lowest BCUT2D eigenvalue weighted by Gasteiger charge is -2.19. The third-order valence-electron chi connectivity index (χ3n) is 3.35. The van der Waals surface area contributed by atoms with Gasteiger partial charge in [-0.05, 0) is 40.5 Å². The first-order valence-corrected chi connectivity index (χ1v) is 8.71. The molecule has 1 aromatic heterocycles. The number of ether oxygens (including phenoxy) is 1. The Morgan fingerprint density at radius 1 is 1.20 bits per heavy atom. The summed E-state index contributed by atoms with van der Waals surface area (Å²) in [6.45, 7) is 10.4. The molecule has 0 saturated carbocycles. The summed E-state index contributed by atoms with van der Waals surface area (Å²) in [7, 11) is 1.73. The summed E-state index contributed by atoms with van der Waals surface area (Å²) in [6, 6.07) is 0. The standard InChI is InChI=1S/C17H32N6O2/c1-14-19-11-13-23(14)12-7-6-8-20-15(18-5)21-9-10-22-16(24)25-17(2,3)4/h11,13H,6-10,12H2,1-5H3,(H,22,24)(H2,18,20,21). The maximum atomic E-state index is 11.5. The molecule has 0 saturated heterocycles.